The quantitative estimate of drug-likeness (QED) is 0.630. The van der Waals surface area contributed by atoms with Crippen LogP contribution in [-0.4, -0.2) is 0 Å². The van der Waals surface area contributed by atoms with Gasteiger partial charge in [-0.2, -0.15) is 0 Å². The lowest BCUT2D eigenvalue weighted by Gasteiger charge is -2.04. The first-order valence-electron chi connectivity index (χ1n) is 7.01. The van der Waals surface area contributed by atoms with Crippen LogP contribution in [-0.2, 0) is 12.8 Å². The van der Waals surface area contributed by atoms with Gasteiger partial charge in [-0.15, -0.1) is 0 Å². The minimum atomic E-state index is 1.01. The van der Waals surface area contributed by atoms with Gasteiger partial charge in [0.1, 0.15) is 23.0 Å². The molecule has 20 heavy (non-hydrogen) atoms. The Kier molecular flexibility index (Phi) is 4.97. The highest BCUT2D eigenvalue weighted by atomic mass is 33.1. The average molecular weight is 310 g/mol. The highest BCUT2D eigenvalue weighted by molar-refractivity contribution is 8.76. The van der Waals surface area contributed by atoms with Gasteiger partial charge in [0.25, 0.3) is 0 Å². The molecule has 0 saturated carbocycles. The Labute approximate surface area is 129 Å². The van der Waals surface area contributed by atoms with E-state index in [-0.39, 0.29) is 0 Å². The van der Waals surface area contributed by atoms with Gasteiger partial charge in [-0.25, -0.2) is 0 Å². The van der Waals surface area contributed by atoms with Gasteiger partial charge in [0, 0.05) is 11.1 Å². The predicted octanol–water partition coefficient (Wildman–Crippen LogP) is 6.03. The van der Waals surface area contributed by atoms with E-state index >= 15 is 0 Å². The third-order valence-electron chi connectivity index (χ3n) is 3.57. The van der Waals surface area contributed by atoms with Crippen LogP contribution in [0.5, 0.6) is 0 Å². The van der Waals surface area contributed by atoms with Gasteiger partial charge in [0.15, 0.2) is 0 Å². The molecule has 2 rings (SSSR count). The molecule has 0 aliphatic rings. The van der Waals surface area contributed by atoms with E-state index in [1.807, 2.05) is 27.7 Å². The molecule has 110 valence electrons. The van der Waals surface area contributed by atoms with Crippen LogP contribution in [0, 0.1) is 27.7 Å². The van der Waals surface area contributed by atoms with Crippen molar-refractivity contribution in [2.75, 3.05) is 0 Å². The Morgan fingerprint density at radius 2 is 1.00 bits per heavy atom. The molecule has 0 fully saturated rings. The van der Waals surface area contributed by atoms with Crippen LogP contribution in [0.25, 0.3) is 0 Å². The van der Waals surface area contributed by atoms with E-state index in [0.717, 1.165) is 35.9 Å². The third kappa shape index (κ3) is 2.82. The molecule has 2 aromatic heterocycles. The van der Waals surface area contributed by atoms with Gasteiger partial charge in [-0.1, -0.05) is 13.8 Å². The summed E-state index contributed by atoms with van der Waals surface area (Å²) in [5.41, 5.74) is 2.66. The fraction of sp³-hybridized carbons (Fsp3) is 0.500. The standard InChI is InChI=1S/C16H22O2S2/c1-7-13-9(3)17-11(5)15(13)19-20-16-12(6)18-10(4)14(16)8-2/h7-8H2,1-6H3. The van der Waals surface area contributed by atoms with Crippen LogP contribution in [0.4, 0.5) is 0 Å². The van der Waals surface area contributed by atoms with Crippen LogP contribution in [0.2, 0.25) is 0 Å². The van der Waals surface area contributed by atoms with E-state index in [4.69, 9.17) is 8.83 Å². The van der Waals surface area contributed by atoms with Gasteiger partial charge >= 0.3 is 0 Å². The summed E-state index contributed by atoms with van der Waals surface area (Å²) >= 11 is 0. The molecule has 0 radical (unpaired) electrons. The van der Waals surface area contributed by atoms with Gasteiger partial charge < -0.3 is 8.83 Å². The summed E-state index contributed by atoms with van der Waals surface area (Å²) < 4.78 is 11.5. The second-order valence-electron chi connectivity index (χ2n) is 4.92. The average Bonchev–Trinajstić information content (AvgIpc) is 2.82. The number of hydrogen-bond acceptors (Lipinski definition) is 4. The summed E-state index contributed by atoms with van der Waals surface area (Å²) in [7, 11) is 3.58. The zero-order valence-electron chi connectivity index (χ0n) is 13.0. The number of aryl methyl sites for hydroxylation is 4. The maximum absolute atomic E-state index is 5.76. The van der Waals surface area contributed by atoms with E-state index in [1.54, 1.807) is 21.6 Å². The highest BCUT2D eigenvalue weighted by Crippen LogP contribution is 2.46. The molecule has 4 heteroatoms. The summed E-state index contributed by atoms with van der Waals surface area (Å²) in [4.78, 5) is 2.55. The largest absolute Gasteiger partial charge is 0.465 e. The second-order valence-corrected chi connectivity index (χ2v) is 7.07. The van der Waals surface area contributed by atoms with Crippen molar-refractivity contribution in [1.29, 1.82) is 0 Å². The lowest BCUT2D eigenvalue weighted by molar-refractivity contribution is 0.496. The smallest absolute Gasteiger partial charge is 0.115 e. The molecular formula is C16H22O2S2. The Morgan fingerprint density at radius 1 is 0.650 bits per heavy atom. The normalized spacial score (nSPS) is 11.3. The minimum absolute atomic E-state index is 1.01. The molecule has 0 bridgehead atoms. The number of rotatable bonds is 5. The number of hydrogen-bond donors (Lipinski definition) is 0. The summed E-state index contributed by atoms with van der Waals surface area (Å²) in [5, 5.41) is 0. The van der Waals surface area contributed by atoms with Crippen molar-refractivity contribution in [2.45, 2.75) is 64.2 Å². The first-order chi connectivity index (χ1) is 9.49. The van der Waals surface area contributed by atoms with Crippen molar-refractivity contribution in [3.8, 4) is 0 Å². The summed E-state index contributed by atoms with van der Waals surface area (Å²) in [6, 6.07) is 0. The first-order valence-corrected chi connectivity index (χ1v) is 9.16. The third-order valence-corrected chi connectivity index (χ3v) is 6.30. The minimum Gasteiger partial charge on any atom is -0.465 e. The van der Waals surface area contributed by atoms with E-state index in [9.17, 15) is 0 Å². The van der Waals surface area contributed by atoms with Gasteiger partial charge in [-0.3, -0.25) is 0 Å². The highest BCUT2D eigenvalue weighted by Gasteiger charge is 2.18. The summed E-state index contributed by atoms with van der Waals surface area (Å²) in [5.74, 6) is 4.13. The fourth-order valence-corrected chi connectivity index (χ4v) is 5.61. The molecule has 0 N–H and O–H groups in total. The summed E-state index contributed by atoms with van der Waals surface area (Å²) in [6.45, 7) is 12.5. The molecule has 0 unspecified atom stereocenters. The van der Waals surface area contributed by atoms with E-state index in [2.05, 4.69) is 13.8 Å². The van der Waals surface area contributed by atoms with Crippen molar-refractivity contribution in [3.63, 3.8) is 0 Å². The maximum Gasteiger partial charge on any atom is 0.115 e. The molecule has 0 saturated heterocycles. The zero-order valence-corrected chi connectivity index (χ0v) is 14.7. The zero-order chi connectivity index (χ0) is 14.9. The Morgan fingerprint density at radius 3 is 1.30 bits per heavy atom. The molecule has 0 aliphatic heterocycles. The Bertz CT molecular complexity index is 554. The number of furan rings is 2. The van der Waals surface area contributed by atoms with Crippen molar-refractivity contribution in [3.05, 3.63) is 34.2 Å². The van der Waals surface area contributed by atoms with Crippen molar-refractivity contribution >= 4 is 21.6 Å². The van der Waals surface area contributed by atoms with E-state index in [0.29, 0.717) is 0 Å². The van der Waals surface area contributed by atoms with Crippen LogP contribution in [0.1, 0.15) is 48.0 Å². The molecule has 0 aromatic carbocycles. The van der Waals surface area contributed by atoms with Gasteiger partial charge in [-0.05, 0) is 62.1 Å². The van der Waals surface area contributed by atoms with Crippen LogP contribution in [0.3, 0.4) is 0 Å². The van der Waals surface area contributed by atoms with Crippen LogP contribution >= 0.6 is 21.6 Å². The second kappa shape index (κ2) is 6.35. The van der Waals surface area contributed by atoms with Crippen molar-refractivity contribution in [2.24, 2.45) is 0 Å². The molecule has 0 atom stereocenters. The SMILES string of the molecule is CCc1c(C)oc(C)c1SSc1c(C)oc(C)c1CC. The molecular weight excluding hydrogens is 288 g/mol. The molecule has 0 spiro atoms. The molecule has 2 nitrogen and oxygen atoms in total. The summed E-state index contributed by atoms with van der Waals surface area (Å²) in [6.07, 6.45) is 2.02. The van der Waals surface area contributed by atoms with E-state index in [1.165, 1.54) is 20.9 Å². The fourth-order valence-electron chi connectivity index (χ4n) is 2.54. The lowest BCUT2D eigenvalue weighted by Crippen LogP contribution is -1.84. The van der Waals surface area contributed by atoms with Crippen molar-refractivity contribution in [1.82, 2.24) is 0 Å². The Balaban J connectivity index is 2.25. The van der Waals surface area contributed by atoms with Crippen molar-refractivity contribution < 1.29 is 8.83 Å². The molecule has 0 amide bonds. The molecule has 2 aromatic rings. The molecule has 0 aliphatic carbocycles. The van der Waals surface area contributed by atoms with Gasteiger partial charge in [0.05, 0.1) is 9.79 Å². The van der Waals surface area contributed by atoms with Crippen LogP contribution < -0.4 is 0 Å². The molecule has 2 heterocycles. The monoisotopic (exact) mass is 310 g/mol. The predicted molar refractivity (Wildman–Crippen MR) is 86.8 cm³/mol. The lowest BCUT2D eigenvalue weighted by atomic mass is 10.2. The first kappa shape index (κ1) is 15.6. The maximum atomic E-state index is 5.76. The van der Waals surface area contributed by atoms with Gasteiger partial charge in [0.2, 0.25) is 0 Å². The van der Waals surface area contributed by atoms with Crippen LogP contribution in [0.15, 0.2) is 18.6 Å². The Hall–Kier alpha value is -0.740. The van der Waals surface area contributed by atoms with E-state index < -0.39 is 0 Å². The topological polar surface area (TPSA) is 26.3 Å².